The van der Waals surface area contributed by atoms with Crippen LogP contribution < -0.4 is 5.32 Å². The van der Waals surface area contributed by atoms with Gasteiger partial charge in [-0.2, -0.15) is 0 Å². The van der Waals surface area contributed by atoms with Crippen LogP contribution >= 0.6 is 11.6 Å². The first-order valence-electron chi connectivity index (χ1n) is 3.97. The Morgan fingerprint density at radius 3 is 2.82 bits per heavy atom. The normalized spacial score (nSPS) is 19.6. The molecule has 0 saturated carbocycles. The number of rotatable bonds is 3. The van der Waals surface area contributed by atoms with Crippen molar-refractivity contribution in [3.05, 3.63) is 23.3 Å². The molecule has 0 aliphatic heterocycles. The van der Waals surface area contributed by atoms with Gasteiger partial charge in [0.25, 0.3) is 0 Å². The molecular formula is C9H14ClN. The van der Waals surface area contributed by atoms with Gasteiger partial charge in [0.15, 0.2) is 0 Å². The molecule has 0 aromatic heterocycles. The number of hydrogen-bond acceptors (Lipinski definition) is 1. The van der Waals surface area contributed by atoms with Crippen LogP contribution in [0.5, 0.6) is 0 Å². The molecule has 0 atom stereocenters. The van der Waals surface area contributed by atoms with Crippen LogP contribution in [0.15, 0.2) is 23.3 Å². The van der Waals surface area contributed by atoms with E-state index >= 15 is 0 Å². The second kappa shape index (κ2) is 4.58. The summed E-state index contributed by atoms with van der Waals surface area (Å²) in [5.74, 6) is 0. The smallest absolute Gasteiger partial charge is 0.0176 e. The first-order valence-corrected chi connectivity index (χ1v) is 4.41. The zero-order valence-corrected chi connectivity index (χ0v) is 7.56. The molecule has 0 aromatic rings. The molecule has 62 valence electrons. The van der Waals surface area contributed by atoms with Gasteiger partial charge in [-0.1, -0.05) is 23.8 Å². The van der Waals surface area contributed by atoms with E-state index in [1.807, 2.05) is 6.92 Å². The van der Waals surface area contributed by atoms with Gasteiger partial charge in [-0.25, -0.2) is 0 Å². The highest BCUT2D eigenvalue weighted by atomic mass is 35.5. The van der Waals surface area contributed by atoms with E-state index < -0.39 is 0 Å². The molecular weight excluding hydrogens is 158 g/mol. The Labute approximate surface area is 73.1 Å². The summed E-state index contributed by atoms with van der Waals surface area (Å²) in [6.45, 7) is 2.94. The zero-order valence-electron chi connectivity index (χ0n) is 6.81. The zero-order chi connectivity index (χ0) is 8.10. The van der Waals surface area contributed by atoms with Crippen molar-refractivity contribution in [2.24, 2.45) is 0 Å². The highest BCUT2D eigenvalue weighted by molar-refractivity contribution is 6.25. The molecule has 0 saturated heterocycles. The largest absolute Gasteiger partial charge is 0.310 e. The van der Waals surface area contributed by atoms with E-state index in [4.69, 9.17) is 11.6 Å². The minimum Gasteiger partial charge on any atom is -0.310 e. The average Bonchev–Trinajstić information content (AvgIpc) is 2.52. The lowest BCUT2D eigenvalue weighted by Crippen LogP contribution is -2.27. The first-order chi connectivity index (χ1) is 5.33. The quantitative estimate of drug-likeness (QED) is 0.644. The Bertz CT molecular complexity index is 164. The van der Waals surface area contributed by atoms with Crippen LogP contribution in [-0.2, 0) is 0 Å². The summed E-state index contributed by atoms with van der Waals surface area (Å²) >= 11 is 5.52. The lowest BCUT2D eigenvalue weighted by molar-refractivity contribution is 0.565. The lowest BCUT2D eigenvalue weighted by atomic mass is 10.2. The highest BCUT2D eigenvalue weighted by Crippen LogP contribution is 2.09. The molecule has 0 bridgehead atoms. The minimum atomic E-state index is 0.640. The van der Waals surface area contributed by atoms with E-state index in [9.17, 15) is 0 Å². The predicted molar refractivity (Wildman–Crippen MR) is 49.8 cm³/mol. The fourth-order valence-electron chi connectivity index (χ4n) is 1.13. The van der Waals surface area contributed by atoms with Crippen LogP contribution in [-0.4, -0.2) is 12.6 Å². The molecule has 0 radical (unpaired) electrons. The van der Waals surface area contributed by atoms with E-state index in [0.717, 1.165) is 19.4 Å². The number of hydrogen-bond donors (Lipinski definition) is 1. The molecule has 1 rings (SSSR count). The van der Waals surface area contributed by atoms with Crippen LogP contribution in [0.4, 0.5) is 0 Å². The summed E-state index contributed by atoms with van der Waals surface area (Å²) in [6.07, 6.45) is 6.76. The van der Waals surface area contributed by atoms with Crippen LogP contribution in [0, 0.1) is 0 Å². The maximum Gasteiger partial charge on any atom is 0.0176 e. The van der Waals surface area contributed by atoms with Crippen molar-refractivity contribution in [3.63, 3.8) is 0 Å². The maximum atomic E-state index is 5.52. The first kappa shape index (κ1) is 8.82. The van der Waals surface area contributed by atoms with Gasteiger partial charge >= 0.3 is 0 Å². The Kier molecular flexibility index (Phi) is 3.67. The van der Waals surface area contributed by atoms with E-state index in [1.165, 1.54) is 5.57 Å². The van der Waals surface area contributed by atoms with Crippen LogP contribution in [0.2, 0.25) is 0 Å². The van der Waals surface area contributed by atoms with Crippen LogP contribution in [0.1, 0.15) is 19.8 Å². The standard InChI is InChI=1S/C9H14ClN/c1-8(6-10)7-11-9-4-2-3-5-9/h2-3,6,9,11H,4-5,7H2,1H3/b8-6-. The molecule has 0 amide bonds. The Balaban J connectivity index is 2.12. The summed E-state index contributed by atoms with van der Waals surface area (Å²) in [5.41, 5.74) is 2.83. The van der Waals surface area contributed by atoms with E-state index in [2.05, 4.69) is 17.5 Å². The average molecular weight is 172 g/mol. The third-order valence-electron chi connectivity index (χ3n) is 1.86. The van der Waals surface area contributed by atoms with Gasteiger partial charge < -0.3 is 5.32 Å². The summed E-state index contributed by atoms with van der Waals surface area (Å²) in [7, 11) is 0. The van der Waals surface area contributed by atoms with Crippen molar-refractivity contribution in [1.29, 1.82) is 0 Å². The summed E-state index contributed by atoms with van der Waals surface area (Å²) in [4.78, 5) is 0. The topological polar surface area (TPSA) is 12.0 Å². The number of nitrogens with one attached hydrogen (secondary N) is 1. The third-order valence-corrected chi connectivity index (χ3v) is 2.24. The van der Waals surface area contributed by atoms with Gasteiger partial charge in [-0.05, 0) is 25.3 Å². The summed E-state index contributed by atoms with van der Waals surface area (Å²) in [5, 5.41) is 3.42. The summed E-state index contributed by atoms with van der Waals surface area (Å²) in [6, 6.07) is 0.640. The van der Waals surface area contributed by atoms with Crippen molar-refractivity contribution in [2.75, 3.05) is 6.54 Å². The molecule has 0 heterocycles. The molecule has 0 unspecified atom stereocenters. The molecule has 1 nitrogen and oxygen atoms in total. The Hall–Kier alpha value is -0.270. The second-order valence-corrected chi connectivity index (χ2v) is 3.19. The van der Waals surface area contributed by atoms with Crippen LogP contribution in [0.25, 0.3) is 0 Å². The van der Waals surface area contributed by atoms with Gasteiger partial charge in [-0.15, -0.1) is 0 Å². The molecule has 1 aliphatic rings. The van der Waals surface area contributed by atoms with Gasteiger partial charge in [0, 0.05) is 18.1 Å². The molecule has 1 aliphatic carbocycles. The molecule has 0 fully saturated rings. The van der Waals surface area contributed by atoms with Crippen molar-refractivity contribution >= 4 is 11.6 Å². The maximum absolute atomic E-state index is 5.52. The Morgan fingerprint density at radius 1 is 1.64 bits per heavy atom. The van der Waals surface area contributed by atoms with Gasteiger partial charge in [0.05, 0.1) is 0 Å². The predicted octanol–water partition coefficient (Wildman–Crippen LogP) is 2.44. The molecule has 2 heteroatoms. The summed E-state index contributed by atoms with van der Waals surface area (Å²) < 4.78 is 0. The van der Waals surface area contributed by atoms with Gasteiger partial charge in [-0.3, -0.25) is 0 Å². The van der Waals surface area contributed by atoms with Crippen LogP contribution in [0.3, 0.4) is 0 Å². The number of halogens is 1. The second-order valence-electron chi connectivity index (χ2n) is 2.98. The van der Waals surface area contributed by atoms with E-state index in [0.29, 0.717) is 6.04 Å². The van der Waals surface area contributed by atoms with Crippen molar-refractivity contribution in [2.45, 2.75) is 25.8 Å². The van der Waals surface area contributed by atoms with Crippen molar-refractivity contribution in [1.82, 2.24) is 5.32 Å². The minimum absolute atomic E-state index is 0.640. The fraction of sp³-hybridized carbons (Fsp3) is 0.556. The van der Waals surface area contributed by atoms with E-state index in [-0.39, 0.29) is 0 Å². The lowest BCUT2D eigenvalue weighted by Gasteiger charge is -2.10. The van der Waals surface area contributed by atoms with Crippen molar-refractivity contribution < 1.29 is 0 Å². The highest BCUT2D eigenvalue weighted by Gasteiger charge is 2.07. The van der Waals surface area contributed by atoms with Gasteiger partial charge in [0.1, 0.15) is 0 Å². The molecule has 0 aromatic carbocycles. The van der Waals surface area contributed by atoms with E-state index in [1.54, 1.807) is 5.54 Å². The Morgan fingerprint density at radius 2 is 2.27 bits per heavy atom. The third kappa shape index (κ3) is 3.08. The molecule has 0 spiro atoms. The molecule has 1 N–H and O–H groups in total. The molecule has 11 heavy (non-hydrogen) atoms. The van der Waals surface area contributed by atoms with Crippen molar-refractivity contribution in [3.8, 4) is 0 Å². The van der Waals surface area contributed by atoms with Gasteiger partial charge in [0.2, 0.25) is 0 Å². The SMILES string of the molecule is C/C(=C/Cl)CNC1CC=CC1. The monoisotopic (exact) mass is 171 g/mol. The fourth-order valence-corrected chi connectivity index (χ4v) is 1.20.